The number of hydrogen-bond acceptors (Lipinski definition) is 12. The zero-order chi connectivity index (χ0) is 36.0. The number of hydrogen-bond donors (Lipinski definition) is 4. The highest BCUT2D eigenvalue weighted by Gasteiger charge is 2.35. The largest absolute Gasteiger partial charge is 0.507 e. The second-order valence-corrected chi connectivity index (χ2v) is 10.8. The van der Waals surface area contributed by atoms with Crippen LogP contribution in [0.2, 0.25) is 0 Å². The van der Waals surface area contributed by atoms with E-state index in [1.54, 1.807) is 60.7 Å². The molecule has 0 radical (unpaired) electrons. The van der Waals surface area contributed by atoms with Gasteiger partial charge < -0.3 is 39.4 Å². The van der Waals surface area contributed by atoms with Gasteiger partial charge in [-0.1, -0.05) is 73.8 Å². The molecule has 12 heteroatoms. The molecule has 2 aromatic rings. The van der Waals surface area contributed by atoms with Crippen molar-refractivity contribution >= 4 is 35.0 Å². The number of rotatable bonds is 12. The minimum atomic E-state index is -1.80. The molecule has 0 saturated carbocycles. The van der Waals surface area contributed by atoms with Crippen LogP contribution in [0, 0.1) is 0 Å². The third-order valence-corrected chi connectivity index (χ3v) is 6.92. The molecular formula is C37H38O12. The normalized spacial score (nSPS) is 21.9. The van der Waals surface area contributed by atoms with Crippen molar-refractivity contribution < 1.29 is 58.6 Å². The monoisotopic (exact) mass is 674 g/mol. The summed E-state index contributed by atoms with van der Waals surface area (Å²) in [5, 5.41) is 41.0. The molecule has 258 valence electrons. The van der Waals surface area contributed by atoms with Crippen molar-refractivity contribution in [3.05, 3.63) is 132 Å². The van der Waals surface area contributed by atoms with Crippen molar-refractivity contribution in [3.8, 4) is 0 Å². The van der Waals surface area contributed by atoms with Crippen molar-refractivity contribution in [2.24, 2.45) is 0 Å². The molecule has 0 saturated heterocycles. The van der Waals surface area contributed by atoms with Crippen LogP contribution in [0.1, 0.15) is 30.9 Å². The molecular weight excluding hydrogens is 636 g/mol. The van der Waals surface area contributed by atoms with E-state index in [0.717, 1.165) is 6.08 Å². The Morgan fingerprint density at radius 2 is 1.14 bits per heavy atom. The van der Waals surface area contributed by atoms with Crippen molar-refractivity contribution in [3.63, 3.8) is 0 Å². The molecule has 0 aliphatic heterocycles. The number of carbonyl (C=O) groups is 4. The van der Waals surface area contributed by atoms with Crippen LogP contribution in [0.25, 0.3) is 11.5 Å². The smallest absolute Gasteiger partial charge is 0.333 e. The quantitative estimate of drug-likeness (QED) is 0.0827. The van der Waals surface area contributed by atoms with Crippen LogP contribution < -0.4 is 0 Å². The number of allylic oxidation sites excluding steroid dienone is 4. The SMILES string of the molecule is C=C(C)C(=O)OCCOC1(O)C=CC(=C(O)c2ccccc2)C(=O)C1.C=CC(=O)OCCOC1(O)C=CC(=C(O)c2ccccc2)C(=O)C1. The van der Waals surface area contributed by atoms with Gasteiger partial charge in [0, 0.05) is 22.8 Å². The van der Waals surface area contributed by atoms with Gasteiger partial charge in [0.15, 0.2) is 23.1 Å². The Hall–Kier alpha value is -5.40. The number of aliphatic hydroxyl groups is 4. The highest BCUT2D eigenvalue weighted by atomic mass is 16.6. The van der Waals surface area contributed by atoms with E-state index in [9.17, 15) is 39.6 Å². The van der Waals surface area contributed by atoms with Gasteiger partial charge >= 0.3 is 11.9 Å². The highest BCUT2D eigenvalue weighted by Crippen LogP contribution is 2.29. The summed E-state index contributed by atoms with van der Waals surface area (Å²) in [5.74, 6) is -5.96. The van der Waals surface area contributed by atoms with E-state index in [-0.39, 0.29) is 67.5 Å². The minimum Gasteiger partial charge on any atom is -0.507 e. The van der Waals surface area contributed by atoms with Crippen LogP contribution in [0.5, 0.6) is 0 Å². The summed E-state index contributed by atoms with van der Waals surface area (Å²) < 4.78 is 20.0. The Bertz CT molecular complexity index is 1670. The van der Waals surface area contributed by atoms with Gasteiger partial charge in [-0.3, -0.25) is 9.59 Å². The molecule has 0 fully saturated rings. The van der Waals surface area contributed by atoms with Gasteiger partial charge in [0.05, 0.1) is 37.2 Å². The van der Waals surface area contributed by atoms with Gasteiger partial charge in [-0.25, -0.2) is 9.59 Å². The van der Waals surface area contributed by atoms with E-state index in [2.05, 4.69) is 13.2 Å². The average molecular weight is 675 g/mol. The minimum absolute atomic E-state index is 0.0754. The third kappa shape index (κ3) is 11.4. The van der Waals surface area contributed by atoms with Gasteiger partial charge in [-0.15, -0.1) is 0 Å². The van der Waals surface area contributed by atoms with Crippen molar-refractivity contribution in [2.45, 2.75) is 31.3 Å². The molecule has 0 amide bonds. The maximum atomic E-state index is 12.2. The van der Waals surface area contributed by atoms with Crippen LogP contribution >= 0.6 is 0 Å². The van der Waals surface area contributed by atoms with Crippen LogP contribution in [-0.4, -0.2) is 81.9 Å². The zero-order valence-corrected chi connectivity index (χ0v) is 26.9. The number of ketones is 2. The van der Waals surface area contributed by atoms with Crippen molar-refractivity contribution in [1.82, 2.24) is 0 Å². The second-order valence-electron chi connectivity index (χ2n) is 10.8. The Morgan fingerprint density at radius 3 is 1.51 bits per heavy atom. The number of esters is 2. The van der Waals surface area contributed by atoms with Crippen molar-refractivity contribution in [2.75, 3.05) is 26.4 Å². The number of ether oxygens (including phenoxy) is 4. The maximum absolute atomic E-state index is 12.2. The lowest BCUT2D eigenvalue weighted by Gasteiger charge is -2.27. The first-order chi connectivity index (χ1) is 23.3. The lowest BCUT2D eigenvalue weighted by molar-refractivity contribution is -0.184. The van der Waals surface area contributed by atoms with Gasteiger partial charge in [0.2, 0.25) is 0 Å². The summed E-state index contributed by atoms with van der Waals surface area (Å²) in [6.07, 6.45) is 5.57. The van der Waals surface area contributed by atoms with E-state index >= 15 is 0 Å². The summed E-state index contributed by atoms with van der Waals surface area (Å²) in [5.41, 5.74) is 1.49. The van der Waals surface area contributed by atoms with Gasteiger partial charge in [0.25, 0.3) is 0 Å². The van der Waals surface area contributed by atoms with Gasteiger partial charge in [-0.2, -0.15) is 0 Å². The molecule has 0 heterocycles. The Kier molecular flexibility index (Phi) is 13.7. The number of Topliss-reactive ketones (excluding diaryl/α,β-unsaturated/α-hetero) is 2. The van der Waals surface area contributed by atoms with Gasteiger partial charge in [0.1, 0.15) is 24.7 Å². The molecule has 2 aromatic carbocycles. The number of carbonyl (C=O) groups excluding carboxylic acids is 4. The Labute approximate surface area is 283 Å². The molecule has 0 aromatic heterocycles. The summed E-state index contributed by atoms with van der Waals surface area (Å²) >= 11 is 0. The molecule has 0 spiro atoms. The summed E-state index contributed by atoms with van der Waals surface area (Å²) in [6, 6.07) is 17.3. The molecule has 2 unspecified atom stereocenters. The summed E-state index contributed by atoms with van der Waals surface area (Å²) in [7, 11) is 0. The lowest BCUT2D eigenvalue weighted by atomic mass is 9.93. The first-order valence-electron chi connectivity index (χ1n) is 15.0. The molecule has 0 bridgehead atoms. The van der Waals surface area contributed by atoms with E-state index in [1.165, 1.54) is 31.2 Å². The summed E-state index contributed by atoms with van der Waals surface area (Å²) in [4.78, 5) is 46.6. The second kappa shape index (κ2) is 17.7. The van der Waals surface area contributed by atoms with Crippen LogP contribution in [-0.2, 0) is 38.1 Å². The fourth-order valence-electron chi connectivity index (χ4n) is 4.40. The fourth-order valence-corrected chi connectivity index (χ4v) is 4.40. The van der Waals surface area contributed by atoms with E-state index in [1.807, 2.05) is 0 Å². The van der Waals surface area contributed by atoms with E-state index in [0.29, 0.717) is 11.1 Å². The topological polar surface area (TPSA) is 186 Å². The fraction of sp³-hybridized carbons (Fsp3) is 0.243. The third-order valence-electron chi connectivity index (χ3n) is 6.92. The van der Waals surface area contributed by atoms with Crippen LogP contribution in [0.3, 0.4) is 0 Å². The zero-order valence-electron chi connectivity index (χ0n) is 26.9. The molecule has 49 heavy (non-hydrogen) atoms. The molecule has 12 nitrogen and oxygen atoms in total. The van der Waals surface area contributed by atoms with Crippen LogP contribution in [0.4, 0.5) is 0 Å². The predicted molar refractivity (Wildman–Crippen MR) is 178 cm³/mol. The first kappa shape index (κ1) is 38.1. The standard InChI is InChI=1S/C19H20O6.C18H18O6/c1-13(2)18(22)24-10-11-25-19(23)9-8-15(16(20)12-19)17(21)14-6-4-3-5-7-14;1-2-16(20)23-10-11-24-18(22)9-8-14(15(19)12-18)17(21)13-6-4-3-5-7-13/h3-9,21,23H,1,10-12H2,2H3;2-9,21-22H,1,10-12H2. The molecule has 4 N–H and O–H groups in total. The Morgan fingerprint density at radius 1 is 0.735 bits per heavy atom. The van der Waals surface area contributed by atoms with Crippen LogP contribution in [0.15, 0.2) is 121 Å². The molecule has 2 atom stereocenters. The van der Waals surface area contributed by atoms with E-state index in [4.69, 9.17) is 18.9 Å². The lowest BCUT2D eigenvalue weighted by Crippen LogP contribution is -2.37. The Balaban J connectivity index is 0.000000266. The first-order valence-corrected chi connectivity index (χ1v) is 15.0. The predicted octanol–water partition coefficient (Wildman–Crippen LogP) is 4.23. The maximum Gasteiger partial charge on any atom is 0.333 e. The van der Waals surface area contributed by atoms with E-state index < -0.39 is 35.1 Å². The highest BCUT2D eigenvalue weighted by molar-refractivity contribution is 6.06. The molecule has 4 rings (SSSR count). The number of benzene rings is 2. The number of aliphatic hydroxyl groups excluding tert-OH is 2. The summed E-state index contributed by atoms with van der Waals surface area (Å²) in [6.45, 7) is 7.90. The average Bonchev–Trinajstić information content (AvgIpc) is 3.09. The van der Waals surface area contributed by atoms with Crippen molar-refractivity contribution in [1.29, 1.82) is 0 Å². The molecule has 2 aliphatic carbocycles. The van der Waals surface area contributed by atoms with Gasteiger partial charge in [-0.05, 0) is 31.2 Å². The molecule has 2 aliphatic rings.